The van der Waals surface area contributed by atoms with Crippen molar-refractivity contribution in [2.75, 3.05) is 26.0 Å². The summed E-state index contributed by atoms with van der Waals surface area (Å²) >= 11 is 0. The Bertz CT molecular complexity index is 951. The first-order valence-corrected chi connectivity index (χ1v) is 8.26. The Balaban J connectivity index is 1.70. The Morgan fingerprint density at radius 3 is 2.46 bits per heavy atom. The SMILES string of the molecule is CN(C)C(=O)COc1cccc(C(=O)Nc2ccc3ccccc3c2)c1. The molecule has 132 valence electrons. The van der Waals surface area contributed by atoms with Gasteiger partial charge in [-0.3, -0.25) is 9.59 Å². The van der Waals surface area contributed by atoms with E-state index in [0.717, 1.165) is 16.5 Å². The van der Waals surface area contributed by atoms with Crippen LogP contribution in [0.5, 0.6) is 5.75 Å². The van der Waals surface area contributed by atoms with Crippen LogP contribution >= 0.6 is 0 Å². The molecule has 26 heavy (non-hydrogen) atoms. The predicted octanol–water partition coefficient (Wildman–Crippen LogP) is 3.56. The molecule has 0 heterocycles. The minimum atomic E-state index is -0.232. The molecule has 0 aliphatic heterocycles. The fourth-order valence-corrected chi connectivity index (χ4v) is 2.47. The first-order valence-electron chi connectivity index (χ1n) is 8.26. The van der Waals surface area contributed by atoms with Crippen LogP contribution in [0.1, 0.15) is 10.4 Å². The highest BCUT2D eigenvalue weighted by Crippen LogP contribution is 2.20. The zero-order chi connectivity index (χ0) is 18.5. The smallest absolute Gasteiger partial charge is 0.259 e. The molecule has 5 heteroatoms. The highest BCUT2D eigenvalue weighted by atomic mass is 16.5. The standard InChI is InChI=1S/C21H20N2O3/c1-23(2)20(24)14-26-19-9-5-8-17(13-19)21(25)22-18-11-10-15-6-3-4-7-16(15)12-18/h3-13H,14H2,1-2H3,(H,22,25). The molecule has 5 nitrogen and oxygen atoms in total. The lowest BCUT2D eigenvalue weighted by Gasteiger charge is -2.12. The highest BCUT2D eigenvalue weighted by molar-refractivity contribution is 6.05. The Morgan fingerprint density at radius 1 is 0.923 bits per heavy atom. The Kier molecular flexibility index (Phi) is 5.17. The van der Waals surface area contributed by atoms with Crippen molar-refractivity contribution >= 4 is 28.3 Å². The number of hydrogen-bond acceptors (Lipinski definition) is 3. The van der Waals surface area contributed by atoms with Gasteiger partial charge in [-0.2, -0.15) is 0 Å². The maximum Gasteiger partial charge on any atom is 0.259 e. The van der Waals surface area contributed by atoms with Gasteiger partial charge in [0.05, 0.1) is 0 Å². The number of carbonyl (C=O) groups is 2. The Labute approximate surface area is 152 Å². The average molecular weight is 348 g/mol. The van der Waals surface area contributed by atoms with Crippen LogP contribution in [-0.2, 0) is 4.79 Å². The number of amides is 2. The number of anilines is 1. The maximum atomic E-state index is 12.5. The molecule has 3 aromatic rings. The number of benzene rings is 3. The first kappa shape index (κ1) is 17.5. The van der Waals surface area contributed by atoms with Crippen LogP contribution in [0, 0.1) is 0 Å². The summed E-state index contributed by atoms with van der Waals surface area (Å²) in [5.74, 6) is 0.104. The minimum absolute atomic E-state index is 0.0667. The van der Waals surface area contributed by atoms with Crippen LogP contribution in [0.15, 0.2) is 66.7 Å². The third kappa shape index (κ3) is 4.19. The van der Waals surface area contributed by atoms with Gasteiger partial charge in [0, 0.05) is 25.3 Å². The van der Waals surface area contributed by atoms with Crippen molar-refractivity contribution in [2.45, 2.75) is 0 Å². The molecule has 0 aliphatic carbocycles. The van der Waals surface area contributed by atoms with Crippen molar-refractivity contribution in [1.29, 1.82) is 0 Å². The Morgan fingerprint density at radius 2 is 1.69 bits per heavy atom. The van der Waals surface area contributed by atoms with Gasteiger partial charge < -0.3 is 15.0 Å². The molecule has 0 aliphatic rings. The van der Waals surface area contributed by atoms with Gasteiger partial charge in [-0.15, -0.1) is 0 Å². The van der Waals surface area contributed by atoms with Crippen LogP contribution in [0.4, 0.5) is 5.69 Å². The van der Waals surface area contributed by atoms with Crippen molar-refractivity contribution in [2.24, 2.45) is 0 Å². The van der Waals surface area contributed by atoms with Gasteiger partial charge in [-0.05, 0) is 41.1 Å². The van der Waals surface area contributed by atoms with Crippen molar-refractivity contribution in [3.63, 3.8) is 0 Å². The second-order valence-corrected chi connectivity index (χ2v) is 6.12. The van der Waals surface area contributed by atoms with E-state index >= 15 is 0 Å². The monoisotopic (exact) mass is 348 g/mol. The van der Waals surface area contributed by atoms with Crippen molar-refractivity contribution in [3.05, 3.63) is 72.3 Å². The van der Waals surface area contributed by atoms with Crippen molar-refractivity contribution < 1.29 is 14.3 Å². The zero-order valence-electron chi connectivity index (χ0n) is 14.7. The molecule has 0 radical (unpaired) electrons. The molecule has 0 atom stereocenters. The lowest BCUT2D eigenvalue weighted by atomic mass is 10.1. The third-order valence-corrected chi connectivity index (χ3v) is 3.96. The van der Waals surface area contributed by atoms with Gasteiger partial charge in [0.1, 0.15) is 5.75 Å². The van der Waals surface area contributed by atoms with Crippen LogP contribution in [0.2, 0.25) is 0 Å². The molecule has 0 saturated heterocycles. The van der Waals surface area contributed by atoms with E-state index in [1.54, 1.807) is 38.4 Å². The summed E-state index contributed by atoms with van der Waals surface area (Å²) in [4.78, 5) is 25.6. The van der Waals surface area contributed by atoms with Gasteiger partial charge in [-0.1, -0.05) is 36.4 Å². The van der Waals surface area contributed by atoms with E-state index in [-0.39, 0.29) is 18.4 Å². The van der Waals surface area contributed by atoms with E-state index < -0.39 is 0 Å². The van der Waals surface area contributed by atoms with Crippen LogP contribution in [0.3, 0.4) is 0 Å². The molecule has 0 unspecified atom stereocenters. The molecule has 2 amide bonds. The van der Waals surface area contributed by atoms with E-state index in [9.17, 15) is 9.59 Å². The summed E-state index contributed by atoms with van der Waals surface area (Å²) in [5, 5.41) is 5.07. The molecule has 0 fully saturated rings. The van der Waals surface area contributed by atoms with Gasteiger partial charge >= 0.3 is 0 Å². The molecular weight excluding hydrogens is 328 g/mol. The Hall–Kier alpha value is -3.34. The summed E-state index contributed by atoms with van der Waals surface area (Å²) in [5.41, 5.74) is 1.19. The minimum Gasteiger partial charge on any atom is -0.484 e. The van der Waals surface area contributed by atoms with E-state index in [1.807, 2.05) is 42.5 Å². The van der Waals surface area contributed by atoms with Crippen molar-refractivity contribution in [1.82, 2.24) is 4.90 Å². The molecule has 3 rings (SSSR count). The average Bonchev–Trinajstić information content (AvgIpc) is 2.66. The van der Waals surface area contributed by atoms with E-state index in [4.69, 9.17) is 4.74 Å². The number of likely N-dealkylation sites (N-methyl/N-ethyl adjacent to an activating group) is 1. The summed E-state index contributed by atoms with van der Waals surface area (Å²) in [6.07, 6.45) is 0. The highest BCUT2D eigenvalue weighted by Gasteiger charge is 2.09. The second kappa shape index (κ2) is 7.70. The molecule has 1 N–H and O–H groups in total. The van der Waals surface area contributed by atoms with Gasteiger partial charge in [0.25, 0.3) is 11.8 Å². The maximum absolute atomic E-state index is 12.5. The van der Waals surface area contributed by atoms with E-state index in [1.165, 1.54) is 4.90 Å². The molecule has 0 bridgehead atoms. The molecular formula is C21H20N2O3. The number of fused-ring (bicyclic) bond motifs is 1. The summed E-state index contributed by atoms with van der Waals surface area (Å²) in [6.45, 7) is -0.0667. The van der Waals surface area contributed by atoms with Crippen LogP contribution in [-0.4, -0.2) is 37.4 Å². The fraction of sp³-hybridized carbons (Fsp3) is 0.143. The molecule has 0 saturated carbocycles. The number of rotatable bonds is 5. The lowest BCUT2D eigenvalue weighted by Crippen LogP contribution is -2.27. The lowest BCUT2D eigenvalue weighted by molar-refractivity contribution is -0.130. The van der Waals surface area contributed by atoms with E-state index in [0.29, 0.717) is 11.3 Å². The van der Waals surface area contributed by atoms with Gasteiger partial charge in [0.15, 0.2) is 6.61 Å². The van der Waals surface area contributed by atoms with E-state index in [2.05, 4.69) is 5.32 Å². The van der Waals surface area contributed by atoms with Crippen LogP contribution in [0.25, 0.3) is 10.8 Å². The largest absolute Gasteiger partial charge is 0.484 e. The second-order valence-electron chi connectivity index (χ2n) is 6.12. The third-order valence-electron chi connectivity index (χ3n) is 3.96. The quantitative estimate of drug-likeness (QED) is 0.767. The number of ether oxygens (including phenoxy) is 1. The molecule has 0 spiro atoms. The van der Waals surface area contributed by atoms with Gasteiger partial charge in [0.2, 0.25) is 0 Å². The fourth-order valence-electron chi connectivity index (χ4n) is 2.47. The molecule has 3 aromatic carbocycles. The van der Waals surface area contributed by atoms with Crippen molar-refractivity contribution in [3.8, 4) is 5.75 Å². The normalized spacial score (nSPS) is 10.4. The first-order chi connectivity index (χ1) is 12.5. The van der Waals surface area contributed by atoms with Gasteiger partial charge in [-0.25, -0.2) is 0 Å². The summed E-state index contributed by atoms with van der Waals surface area (Å²) < 4.78 is 5.46. The summed E-state index contributed by atoms with van der Waals surface area (Å²) in [7, 11) is 3.33. The zero-order valence-corrected chi connectivity index (χ0v) is 14.7. The number of nitrogens with zero attached hydrogens (tertiary/aromatic N) is 1. The number of hydrogen-bond donors (Lipinski definition) is 1. The number of nitrogens with one attached hydrogen (secondary N) is 1. The molecule has 0 aromatic heterocycles. The number of carbonyl (C=O) groups excluding carboxylic acids is 2. The topological polar surface area (TPSA) is 58.6 Å². The predicted molar refractivity (Wildman–Crippen MR) is 103 cm³/mol. The summed E-state index contributed by atoms with van der Waals surface area (Å²) in [6, 6.07) is 20.5. The van der Waals surface area contributed by atoms with Crippen LogP contribution < -0.4 is 10.1 Å².